The van der Waals surface area contributed by atoms with E-state index in [9.17, 15) is 9.90 Å². The van der Waals surface area contributed by atoms with Crippen LogP contribution >= 0.6 is 0 Å². The molecule has 3 aliphatic heterocycles. The highest BCUT2D eigenvalue weighted by molar-refractivity contribution is 5.98. The Morgan fingerprint density at radius 2 is 2.00 bits per heavy atom. The molecule has 0 aliphatic carbocycles. The van der Waals surface area contributed by atoms with Crippen LogP contribution in [0, 0.1) is 5.41 Å². The number of benzene rings is 1. The van der Waals surface area contributed by atoms with Crippen molar-refractivity contribution in [1.29, 1.82) is 0 Å². The minimum Gasteiger partial charge on any atom is -0.388 e. The number of pyridine rings is 1. The first-order chi connectivity index (χ1) is 15.2. The number of piperidine rings is 1. The van der Waals surface area contributed by atoms with E-state index in [0.717, 1.165) is 68.3 Å². The van der Waals surface area contributed by atoms with E-state index in [1.807, 2.05) is 49.1 Å². The van der Waals surface area contributed by atoms with Gasteiger partial charge in [-0.3, -0.25) is 9.78 Å². The molecule has 3 atom stereocenters. The number of aromatic nitrogens is 1. The number of carbonyl (C=O) groups is 1. The summed E-state index contributed by atoms with van der Waals surface area (Å²) >= 11 is 0. The van der Waals surface area contributed by atoms with Gasteiger partial charge >= 0.3 is 0 Å². The van der Waals surface area contributed by atoms with Crippen molar-refractivity contribution in [2.75, 3.05) is 19.7 Å². The van der Waals surface area contributed by atoms with Crippen LogP contribution in [0.3, 0.4) is 0 Å². The number of fused-ring (bicyclic) bond motifs is 1. The van der Waals surface area contributed by atoms with Crippen molar-refractivity contribution in [3.63, 3.8) is 0 Å². The van der Waals surface area contributed by atoms with Gasteiger partial charge in [-0.15, -0.1) is 0 Å². The largest absolute Gasteiger partial charge is 0.388 e. The van der Waals surface area contributed by atoms with E-state index >= 15 is 0 Å². The maximum atomic E-state index is 13.1. The summed E-state index contributed by atoms with van der Waals surface area (Å²) < 4.78 is 12.6. The van der Waals surface area contributed by atoms with E-state index in [-0.39, 0.29) is 29.1 Å². The van der Waals surface area contributed by atoms with Gasteiger partial charge in [0.25, 0.3) is 5.91 Å². The lowest BCUT2D eigenvalue weighted by Gasteiger charge is -2.39. The third kappa shape index (κ3) is 3.93. The molecule has 3 aliphatic rings. The first-order valence-corrected chi connectivity index (χ1v) is 11.8. The van der Waals surface area contributed by atoms with Gasteiger partial charge in [0.15, 0.2) is 0 Å². The summed E-state index contributed by atoms with van der Waals surface area (Å²) in [6.07, 6.45) is 6.30. The van der Waals surface area contributed by atoms with Crippen molar-refractivity contribution in [2.24, 2.45) is 5.41 Å². The number of ether oxygens (including phenoxy) is 2. The zero-order chi connectivity index (χ0) is 22.6. The Hall–Kier alpha value is -2.02. The summed E-state index contributed by atoms with van der Waals surface area (Å²) in [5, 5.41) is 11.4. The van der Waals surface area contributed by atoms with Crippen LogP contribution in [0.2, 0.25) is 0 Å². The molecule has 1 aromatic carbocycles. The third-order valence-electron chi connectivity index (χ3n) is 7.95. The second-order valence-corrected chi connectivity index (χ2v) is 10.8. The lowest BCUT2D eigenvalue weighted by atomic mass is 9.74. The lowest BCUT2D eigenvalue weighted by molar-refractivity contribution is -0.155. The fourth-order valence-corrected chi connectivity index (χ4v) is 5.70. The van der Waals surface area contributed by atoms with Gasteiger partial charge in [0.2, 0.25) is 0 Å². The number of carbonyl (C=O) groups excluding carboxylic acids is 1. The molecule has 2 aromatic rings. The summed E-state index contributed by atoms with van der Waals surface area (Å²) in [4.78, 5) is 19.5. The van der Waals surface area contributed by atoms with Gasteiger partial charge in [0.1, 0.15) is 0 Å². The highest BCUT2D eigenvalue weighted by atomic mass is 16.6. The fraction of sp³-hybridized carbons (Fsp3) is 0.615. The summed E-state index contributed by atoms with van der Waals surface area (Å²) in [6, 6.07) is 9.65. The van der Waals surface area contributed by atoms with Crippen molar-refractivity contribution in [3.8, 4) is 0 Å². The van der Waals surface area contributed by atoms with E-state index in [1.165, 1.54) is 0 Å². The van der Waals surface area contributed by atoms with Crippen LogP contribution in [0.15, 0.2) is 36.5 Å². The maximum absolute atomic E-state index is 13.1. The Morgan fingerprint density at radius 1 is 1.22 bits per heavy atom. The molecule has 5 rings (SSSR count). The van der Waals surface area contributed by atoms with Crippen LogP contribution in [0.25, 0.3) is 10.9 Å². The SMILES string of the molecule is CC(C)(O)[C@@H]1CC[C@](C)([C@H]2CC3(CCN(C(=O)c4ccc5ncccc5c4)CC3)CO2)O1. The van der Waals surface area contributed by atoms with Crippen molar-refractivity contribution >= 4 is 16.8 Å². The summed E-state index contributed by atoms with van der Waals surface area (Å²) in [7, 11) is 0. The predicted octanol–water partition coefficient (Wildman–Crippen LogP) is 3.95. The Bertz CT molecular complexity index is 1010. The molecule has 3 saturated heterocycles. The topological polar surface area (TPSA) is 71.9 Å². The number of nitrogens with zero attached hydrogens (tertiary/aromatic N) is 2. The molecule has 1 spiro atoms. The molecular formula is C26H34N2O4. The Labute approximate surface area is 189 Å². The first-order valence-electron chi connectivity index (χ1n) is 11.8. The van der Waals surface area contributed by atoms with E-state index < -0.39 is 5.60 Å². The molecule has 0 radical (unpaired) electrons. The molecule has 6 nitrogen and oxygen atoms in total. The number of amides is 1. The maximum Gasteiger partial charge on any atom is 0.253 e. The number of rotatable bonds is 3. The van der Waals surface area contributed by atoms with Crippen molar-refractivity contribution in [3.05, 3.63) is 42.1 Å². The normalized spacial score (nSPS) is 30.3. The molecule has 32 heavy (non-hydrogen) atoms. The molecule has 1 amide bonds. The summed E-state index contributed by atoms with van der Waals surface area (Å²) in [5.74, 6) is 0.0974. The summed E-state index contributed by atoms with van der Waals surface area (Å²) in [5.41, 5.74) is 0.573. The zero-order valence-electron chi connectivity index (χ0n) is 19.3. The minimum atomic E-state index is -0.835. The molecule has 3 fully saturated rings. The quantitative estimate of drug-likeness (QED) is 0.786. The molecule has 0 unspecified atom stereocenters. The highest BCUT2D eigenvalue weighted by Gasteiger charge is 2.53. The average Bonchev–Trinajstić information content (AvgIpc) is 3.39. The highest BCUT2D eigenvalue weighted by Crippen LogP contribution is 2.49. The standard InChI is InChI=1S/C26H34N2O4/c1-24(2,30)21-8-9-25(3,32-21)22-16-26(17-31-22)10-13-28(14-11-26)23(29)19-6-7-20-18(15-19)5-4-12-27-20/h4-7,12,15,21-22,30H,8-11,13-14,16-17H2,1-3H3/t21-,22+,25+/m0/s1. The number of aliphatic hydroxyl groups is 1. The monoisotopic (exact) mass is 438 g/mol. The van der Waals surface area contributed by atoms with Gasteiger partial charge in [-0.05, 0) is 82.6 Å². The molecule has 0 bridgehead atoms. The van der Waals surface area contributed by atoms with Gasteiger partial charge in [0.05, 0.1) is 35.5 Å². The van der Waals surface area contributed by atoms with Gasteiger partial charge in [-0.1, -0.05) is 6.07 Å². The van der Waals surface area contributed by atoms with E-state index in [2.05, 4.69) is 11.9 Å². The molecule has 4 heterocycles. The fourth-order valence-electron chi connectivity index (χ4n) is 5.70. The molecule has 6 heteroatoms. The predicted molar refractivity (Wildman–Crippen MR) is 122 cm³/mol. The van der Waals surface area contributed by atoms with Gasteiger partial charge in [0, 0.05) is 30.2 Å². The Kier molecular flexibility index (Phi) is 5.31. The molecule has 1 N–H and O–H groups in total. The van der Waals surface area contributed by atoms with Crippen molar-refractivity contribution in [1.82, 2.24) is 9.88 Å². The molecule has 1 aromatic heterocycles. The van der Waals surface area contributed by atoms with Crippen molar-refractivity contribution in [2.45, 2.75) is 76.3 Å². The third-order valence-corrected chi connectivity index (χ3v) is 7.95. The van der Waals surface area contributed by atoms with Crippen LogP contribution in [0.1, 0.15) is 63.2 Å². The lowest BCUT2D eigenvalue weighted by Crippen LogP contribution is -2.45. The molecule has 0 saturated carbocycles. The minimum absolute atomic E-state index is 0.0464. The van der Waals surface area contributed by atoms with Gasteiger partial charge in [-0.25, -0.2) is 0 Å². The van der Waals surface area contributed by atoms with E-state index in [1.54, 1.807) is 6.20 Å². The van der Waals surface area contributed by atoms with Crippen LogP contribution in [0.5, 0.6) is 0 Å². The average molecular weight is 439 g/mol. The number of hydrogen-bond acceptors (Lipinski definition) is 5. The van der Waals surface area contributed by atoms with E-state index in [0.29, 0.717) is 0 Å². The van der Waals surface area contributed by atoms with Crippen LogP contribution in [-0.4, -0.2) is 64.0 Å². The second-order valence-electron chi connectivity index (χ2n) is 10.8. The van der Waals surface area contributed by atoms with Crippen LogP contribution in [0.4, 0.5) is 0 Å². The van der Waals surface area contributed by atoms with Gasteiger partial charge < -0.3 is 19.5 Å². The van der Waals surface area contributed by atoms with Crippen LogP contribution < -0.4 is 0 Å². The zero-order valence-corrected chi connectivity index (χ0v) is 19.3. The molecule has 172 valence electrons. The van der Waals surface area contributed by atoms with Gasteiger partial charge in [-0.2, -0.15) is 0 Å². The number of likely N-dealkylation sites (tertiary alicyclic amines) is 1. The Balaban J connectivity index is 1.21. The number of hydrogen-bond donors (Lipinski definition) is 1. The Morgan fingerprint density at radius 3 is 2.72 bits per heavy atom. The summed E-state index contributed by atoms with van der Waals surface area (Å²) in [6.45, 7) is 8.01. The smallest absolute Gasteiger partial charge is 0.253 e. The van der Waals surface area contributed by atoms with E-state index in [4.69, 9.17) is 9.47 Å². The molecular weight excluding hydrogens is 404 g/mol. The first kappa shape index (κ1) is 21.8. The second kappa shape index (κ2) is 7.79. The van der Waals surface area contributed by atoms with Crippen LogP contribution in [-0.2, 0) is 9.47 Å². The van der Waals surface area contributed by atoms with Crippen molar-refractivity contribution < 1.29 is 19.4 Å².